The third-order valence-electron chi connectivity index (χ3n) is 3.96. The van der Waals surface area contributed by atoms with Crippen molar-refractivity contribution in [3.8, 4) is 5.75 Å². The molecule has 0 heterocycles. The molecular formula is C21H21BrClNO4. The number of hydrogen-bond acceptors (Lipinski definition) is 3. The summed E-state index contributed by atoms with van der Waals surface area (Å²) in [6.07, 6.45) is 2.88. The Labute approximate surface area is 177 Å². The van der Waals surface area contributed by atoms with Crippen molar-refractivity contribution in [2.75, 3.05) is 0 Å². The fraction of sp³-hybridized carbons (Fsp3) is 0.238. The summed E-state index contributed by atoms with van der Waals surface area (Å²) in [5, 5.41) is 12.3. The first-order valence-electron chi connectivity index (χ1n) is 8.65. The van der Waals surface area contributed by atoms with E-state index < -0.39 is 17.9 Å². The fourth-order valence-electron chi connectivity index (χ4n) is 2.43. The van der Waals surface area contributed by atoms with Gasteiger partial charge in [0.1, 0.15) is 18.4 Å². The summed E-state index contributed by atoms with van der Waals surface area (Å²) in [6, 6.07) is 11.9. The van der Waals surface area contributed by atoms with Gasteiger partial charge in [-0.3, -0.25) is 4.79 Å². The third-order valence-corrected chi connectivity index (χ3v) is 4.82. The van der Waals surface area contributed by atoms with Gasteiger partial charge in [0.15, 0.2) is 0 Å². The summed E-state index contributed by atoms with van der Waals surface area (Å²) in [7, 11) is 0. The van der Waals surface area contributed by atoms with Crippen molar-refractivity contribution >= 4 is 45.5 Å². The van der Waals surface area contributed by atoms with Gasteiger partial charge in [-0.05, 0) is 36.3 Å². The molecule has 2 aromatic carbocycles. The van der Waals surface area contributed by atoms with Crippen LogP contribution in [-0.2, 0) is 16.2 Å². The molecule has 0 radical (unpaired) electrons. The topological polar surface area (TPSA) is 75.6 Å². The lowest BCUT2D eigenvalue weighted by Gasteiger charge is -2.16. The number of benzene rings is 2. The smallest absolute Gasteiger partial charge is 0.326 e. The molecule has 28 heavy (non-hydrogen) atoms. The van der Waals surface area contributed by atoms with E-state index >= 15 is 0 Å². The lowest BCUT2D eigenvalue weighted by atomic mass is 10.0. The molecule has 5 nitrogen and oxygen atoms in total. The summed E-state index contributed by atoms with van der Waals surface area (Å²) < 4.78 is 6.69. The number of carbonyl (C=O) groups excluding carboxylic acids is 1. The molecule has 0 aliphatic rings. The molecule has 1 atom stereocenters. The Morgan fingerprint density at radius 3 is 2.61 bits per heavy atom. The summed E-state index contributed by atoms with van der Waals surface area (Å²) in [5.41, 5.74) is 1.52. The van der Waals surface area contributed by atoms with E-state index in [1.165, 1.54) is 6.08 Å². The van der Waals surface area contributed by atoms with E-state index in [1.807, 2.05) is 30.3 Å². The zero-order valence-electron chi connectivity index (χ0n) is 15.5. The van der Waals surface area contributed by atoms with Gasteiger partial charge in [0.2, 0.25) is 5.91 Å². The Hall–Kier alpha value is -2.31. The van der Waals surface area contributed by atoms with E-state index in [0.29, 0.717) is 16.3 Å². The zero-order chi connectivity index (χ0) is 20.7. The van der Waals surface area contributed by atoms with E-state index in [-0.39, 0.29) is 12.5 Å². The highest BCUT2D eigenvalue weighted by Gasteiger charge is 2.22. The number of aliphatic carboxylic acids is 1. The lowest BCUT2D eigenvalue weighted by Crippen LogP contribution is -2.43. The van der Waals surface area contributed by atoms with Crippen molar-refractivity contribution < 1.29 is 19.4 Å². The second kappa shape index (κ2) is 10.3. The molecule has 2 aromatic rings. The summed E-state index contributed by atoms with van der Waals surface area (Å²) in [6.45, 7) is 3.75. The normalized spacial score (nSPS) is 12.2. The Morgan fingerprint density at radius 1 is 1.25 bits per heavy atom. The molecule has 1 amide bonds. The van der Waals surface area contributed by atoms with E-state index in [9.17, 15) is 14.7 Å². The van der Waals surface area contributed by atoms with Crippen molar-refractivity contribution in [2.45, 2.75) is 26.5 Å². The molecule has 0 saturated heterocycles. The Morgan fingerprint density at radius 2 is 1.96 bits per heavy atom. The van der Waals surface area contributed by atoms with Crippen LogP contribution in [0.2, 0.25) is 5.02 Å². The quantitative estimate of drug-likeness (QED) is 0.542. The van der Waals surface area contributed by atoms with Gasteiger partial charge in [-0.15, -0.1) is 0 Å². The Bertz CT molecular complexity index is 882. The van der Waals surface area contributed by atoms with Gasteiger partial charge in [0.05, 0.1) is 0 Å². The Balaban J connectivity index is 2.13. The van der Waals surface area contributed by atoms with Crippen LogP contribution in [0, 0.1) is 5.92 Å². The number of amides is 1. The zero-order valence-corrected chi connectivity index (χ0v) is 17.8. The van der Waals surface area contributed by atoms with Crippen LogP contribution in [0.1, 0.15) is 25.0 Å². The average Bonchev–Trinajstić information content (AvgIpc) is 2.64. The van der Waals surface area contributed by atoms with Gasteiger partial charge in [-0.2, -0.15) is 0 Å². The molecule has 2 rings (SSSR count). The maximum Gasteiger partial charge on any atom is 0.326 e. The first-order valence-corrected chi connectivity index (χ1v) is 9.82. The number of rotatable bonds is 8. The van der Waals surface area contributed by atoms with Crippen LogP contribution in [0.5, 0.6) is 5.75 Å². The summed E-state index contributed by atoms with van der Waals surface area (Å²) >= 11 is 9.56. The summed E-state index contributed by atoms with van der Waals surface area (Å²) in [5.74, 6) is -1.21. The van der Waals surface area contributed by atoms with Gasteiger partial charge in [0.25, 0.3) is 0 Å². The minimum atomic E-state index is -1.07. The van der Waals surface area contributed by atoms with Crippen LogP contribution in [0.25, 0.3) is 6.08 Å². The standard InChI is InChI=1S/C21H21BrClNO4/c1-13(2)20(21(26)27)24-19(25)10-7-14-11-16(22)8-9-18(14)28-12-15-5-3-4-6-17(15)23/h3-11,13,20H,12H2,1-2H3,(H,24,25)(H,26,27)/b10-7+/t20-/m1/s1. The minimum absolute atomic E-state index is 0.227. The van der Waals surface area contributed by atoms with Crippen LogP contribution in [0.4, 0.5) is 0 Å². The molecule has 0 aliphatic carbocycles. The molecule has 7 heteroatoms. The molecule has 0 aliphatic heterocycles. The highest BCUT2D eigenvalue weighted by molar-refractivity contribution is 9.10. The molecule has 0 saturated carbocycles. The second-order valence-electron chi connectivity index (χ2n) is 6.46. The fourth-order valence-corrected chi connectivity index (χ4v) is 3.00. The van der Waals surface area contributed by atoms with Crippen LogP contribution in [0.15, 0.2) is 53.0 Å². The van der Waals surface area contributed by atoms with Crippen molar-refractivity contribution in [2.24, 2.45) is 5.92 Å². The summed E-state index contributed by atoms with van der Waals surface area (Å²) in [4.78, 5) is 23.3. The number of ether oxygens (including phenoxy) is 1. The van der Waals surface area contributed by atoms with Gasteiger partial charge in [0, 0.05) is 26.7 Å². The van der Waals surface area contributed by atoms with E-state index in [4.69, 9.17) is 16.3 Å². The molecule has 0 fully saturated rings. The number of carboxylic acid groups (broad SMARTS) is 1. The van der Waals surface area contributed by atoms with Gasteiger partial charge in [-0.25, -0.2) is 4.79 Å². The van der Waals surface area contributed by atoms with Crippen molar-refractivity contribution in [1.29, 1.82) is 0 Å². The molecule has 0 unspecified atom stereocenters. The third kappa shape index (κ3) is 6.39. The van der Waals surface area contributed by atoms with Gasteiger partial charge < -0.3 is 15.2 Å². The lowest BCUT2D eigenvalue weighted by molar-refractivity contribution is -0.142. The first kappa shape index (κ1) is 22.0. The van der Waals surface area contributed by atoms with Crippen molar-refractivity contribution in [3.05, 3.63) is 69.2 Å². The Kier molecular flexibility index (Phi) is 8.08. The van der Waals surface area contributed by atoms with E-state index in [1.54, 1.807) is 32.1 Å². The molecular weight excluding hydrogens is 446 g/mol. The second-order valence-corrected chi connectivity index (χ2v) is 7.79. The average molecular weight is 467 g/mol. The van der Waals surface area contributed by atoms with Crippen LogP contribution in [0.3, 0.4) is 0 Å². The minimum Gasteiger partial charge on any atom is -0.488 e. The largest absolute Gasteiger partial charge is 0.488 e. The number of halogens is 2. The molecule has 0 aromatic heterocycles. The molecule has 2 N–H and O–H groups in total. The van der Waals surface area contributed by atoms with Crippen LogP contribution < -0.4 is 10.1 Å². The van der Waals surface area contributed by atoms with Crippen molar-refractivity contribution in [1.82, 2.24) is 5.32 Å². The highest BCUT2D eigenvalue weighted by Crippen LogP contribution is 2.26. The number of carbonyl (C=O) groups is 2. The monoisotopic (exact) mass is 465 g/mol. The van der Waals surface area contributed by atoms with Crippen molar-refractivity contribution in [3.63, 3.8) is 0 Å². The molecule has 148 valence electrons. The SMILES string of the molecule is CC(C)[C@@H](NC(=O)/C=C/c1cc(Br)ccc1OCc1ccccc1Cl)C(=O)O. The number of carboxylic acids is 1. The maximum atomic E-state index is 12.1. The van der Waals surface area contributed by atoms with Crippen LogP contribution >= 0.6 is 27.5 Å². The predicted octanol–water partition coefficient (Wildman–Crippen LogP) is 4.92. The van der Waals surface area contributed by atoms with Crippen LogP contribution in [-0.4, -0.2) is 23.0 Å². The van der Waals surface area contributed by atoms with E-state index in [0.717, 1.165) is 10.0 Å². The number of nitrogens with one attached hydrogen (secondary N) is 1. The molecule has 0 spiro atoms. The number of hydrogen-bond donors (Lipinski definition) is 2. The van der Waals surface area contributed by atoms with E-state index in [2.05, 4.69) is 21.2 Å². The van der Waals surface area contributed by atoms with Gasteiger partial charge in [-0.1, -0.05) is 59.6 Å². The molecule has 0 bridgehead atoms. The highest BCUT2D eigenvalue weighted by atomic mass is 79.9. The predicted molar refractivity (Wildman–Crippen MR) is 113 cm³/mol. The first-order chi connectivity index (χ1) is 13.3. The maximum absolute atomic E-state index is 12.1. The van der Waals surface area contributed by atoms with Gasteiger partial charge >= 0.3 is 5.97 Å².